The lowest BCUT2D eigenvalue weighted by molar-refractivity contribution is 0.236. The first-order valence-corrected chi connectivity index (χ1v) is 6.52. The zero-order chi connectivity index (χ0) is 12.5. The average Bonchev–Trinajstić information content (AvgIpc) is 2.83. The summed E-state index contributed by atoms with van der Waals surface area (Å²) in [7, 11) is 0. The van der Waals surface area contributed by atoms with E-state index in [9.17, 15) is 0 Å². The highest BCUT2D eigenvalue weighted by Gasteiger charge is 2.25. The monoisotopic (exact) mass is 237 g/mol. The maximum atomic E-state index is 5.34. The molecule has 2 atom stereocenters. The fraction of sp³-hybridized carbons (Fsp3) is 0.846. The molecule has 1 aromatic rings. The molecule has 4 nitrogen and oxygen atoms in total. The van der Waals surface area contributed by atoms with Crippen molar-refractivity contribution in [1.29, 1.82) is 0 Å². The fourth-order valence-corrected chi connectivity index (χ4v) is 1.97. The van der Waals surface area contributed by atoms with E-state index in [1.165, 1.54) is 6.42 Å². The minimum absolute atomic E-state index is 0.278. The molecule has 0 bridgehead atoms. The molecular formula is C13H23N3O. The Morgan fingerprint density at radius 2 is 2.24 bits per heavy atom. The van der Waals surface area contributed by atoms with Crippen LogP contribution in [0.2, 0.25) is 0 Å². The van der Waals surface area contributed by atoms with Gasteiger partial charge in [-0.2, -0.15) is 4.98 Å². The smallest absolute Gasteiger partial charge is 0.226 e. The summed E-state index contributed by atoms with van der Waals surface area (Å²) < 4.78 is 5.34. The molecule has 0 radical (unpaired) electrons. The van der Waals surface area contributed by atoms with Gasteiger partial charge in [-0.05, 0) is 30.7 Å². The summed E-state index contributed by atoms with van der Waals surface area (Å²) in [5.74, 6) is 2.14. The van der Waals surface area contributed by atoms with Gasteiger partial charge in [0.15, 0.2) is 5.82 Å². The minimum atomic E-state index is 0.278. The van der Waals surface area contributed by atoms with Crippen LogP contribution in [0.15, 0.2) is 4.52 Å². The van der Waals surface area contributed by atoms with Crippen LogP contribution in [0.1, 0.15) is 58.3 Å². The maximum absolute atomic E-state index is 5.34. The summed E-state index contributed by atoms with van der Waals surface area (Å²) in [6.45, 7) is 10.0. The molecule has 0 saturated carbocycles. The van der Waals surface area contributed by atoms with Gasteiger partial charge in [0.05, 0.1) is 6.04 Å². The third-order valence-corrected chi connectivity index (χ3v) is 3.81. The molecule has 1 aliphatic rings. The van der Waals surface area contributed by atoms with Gasteiger partial charge in [0.25, 0.3) is 0 Å². The summed E-state index contributed by atoms with van der Waals surface area (Å²) in [5.41, 5.74) is 0.278. The van der Waals surface area contributed by atoms with E-state index in [1.54, 1.807) is 0 Å². The Morgan fingerprint density at radius 3 is 2.82 bits per heavy atom. The topological polar surface area (TPSA) is 51.0 Å². The molecule has 2 heterocycles. The lowest BCUT2D eigenvalue weighted by Gasteiger charge is -2.25. The Kier molecular flexibility index (Phi) is 3.52. The molecule has 0 spiro atoms. The highest BCUT2D eigenvalue weighted by Crippen LogP contribution is 2.28. The van der Waals surface area contributed by atoms with Crippen LogP contribution in [0.4, 0.5) is 0 Å². The molecule has 96 valence electrons. The van der Waals surface area contributed by atoms with Crippen LogP contribution in [-0.2, 0) is 6.42 Å². The van der Waals surface area contributed by atoms with Gasteiger partial charge in [-0.3, -0.25) is 0 Å². The van der Waals surface area contributed by atoms with Crippen LogP contribution >= 0.6 is 0 Å². The highest BCUT2D eigenvalue weighted by molar-refractivity contribution is 4.97. The van der Waals surface area contributed by atoms with E-state index in [0.717, 1.165) is 31.1 Å². The van der Waals surface area contributed by atoms with Crippen LogP contribution in [0.3, 0.4) is 0 Å². The van der Waals surface area contributed by atoms with E-state index in [-0.39, 0.29) is 5.41 Å². The van der Waals surface area contributed by atoms with Crippen molar-refractivity contribution in [3.05, 3.63) is 11.7 Å². The van der Waals surface area contributed by atoms with Gasteiger partial charge >= 0.3 is 0 Å². The van der Waals surface area contributed by atoms with Gasteiger partial charge in [-0.1, -0.05) is 32.9 Å². The minimum Gasteiger partial charge on any atom is -0.339 e. The molecule has 0 amide bonds. The Balaban J connectivity index is 1.98. The van der Waals surface area contributed by atoms with Gasteiger partial charge in [0.1, 0.15) is 0 Å². The molecule has 4 heteroatoms. The van der Waals surface area contributed by atoms with Gasteiger partial charge in [-0.15, -0.1) is 0 Å². The molecule has 2 unspecified atom stereocenters. The van der Waals surface area contributed by atoms with Crippen molar-refractivity contribution >= 4 is 0 Å². The second-order valence-electron chi connectivity index (χ2n) is 6.17. The lowest BCUT2D eigenvalue weighted by atomic mass is 9.80. The first kappa shape index (κ1) is 12.6. The normalized spacial score (nSPS) is 22.9. The Hall–Kier alpha value is -0.900. The Bertz CT molecular complexity index is 361. The summed E-state index contributed by atoms with van der Waals surface area (Å²) in [5, 5.41) is 7.47. The van der Waals surface area contributed by atoms with Gasteiger partial charge in [-0.25, -0.2) is 0 Å². The molecule has 1 aromatic heterocycles. The molecule has 1 fully saturated rings. The predicted molar refractivity (Wildman–Crippen MR) is 66.6 cm³/mol. The lowest BCUT2D eigenvalue weighted by Crippen LogP contribution is -2.19. The summed E-state index contributed by atoms with van der Waals surface area (Å²) in [6, 6.07) is 0.303. The molecular weight excluding hydrogens is 214 g/mol. The summed E-state index contributed by atoms with van der Waals surface area (Å²) in [6.07, 6.45) is 3.18. The van der Waals surface area contributed by atoms with Crippen LogP contribution in [0.5, 0.6) is 0 Å². The Morgan fingerprint density at radius 1 is 1.47 bits per heavy atom. The number of rotatable bonds is 3. The van der Waals surface area contributed by atoms with Crippen molar-refractivity contribution in [2.75, 3.05) is 6.54 Å². The fourth-order valence-electron chi connectivity index (χ4n) is 1.97. The van der Waals surface area contributed by atoms with E-state index < -0.39 is 0 Å². The third kappa shape index (κ3) is 3.06. The molecule has 0 aliphatic carbocycles. The van der Waals surface area contributed by atoms with Gasteiger partial charge in [0.2, 0.25) is 5.89 Å². The van der Waals surface area contributed by atoms with Crippen LogP contribution in [0, 0.1) is 11.3 Å². The number of nitrogens with zero attached hydrogens (tertiary/aromatic N) is 2. The van der Waals surface area contributed by atoms with E-state index in [0.29, 0.717) is 12.0 Å². The van der Waals surface area contributed by atoms with E-state index >= 15 is 0 Å². The van der Waals surface area contributed by atoms with Crippen LogP contribution in [0.25, 0.3) is 0 Å². The van der Waals surface area contributed by atoms with Gasteiger partial charge < -0.3 is 9.84 Å². The average molecular weight is 237 g/mol. The van der Waals surface area contributed by atoms with Gasteiger partial charge in [0, 0.05) is 6.42 Å². The van der Waals surface area contributed by atoms with Crippen molar-refractivity contribution < 1.29 is 4.52 Å². The van der Waals surface area contributed by atoms with E-state index in [2.05, 4.69) is 43.2 Å². The zero-order valence-corrected chi connectivity index (χ0v) is 11.3. The van der Waals surface area contributed by atoms with E-state index in [4.69, 9.17) is 4.52 Å². The summed E-state index contributed by atoms with van der Waals surface area (Å²) in [4.78, 5) is 4.51. The van der Waals surface area contributed by atoms with Crippen LogP contribution < -0.4 is 5.32 Å². The predicted octanol–water partition coefficient (Wildman–Crippen LogP) is 2.72. The number of hydrogen-bond acceptors (Lipinski definition) is 4. The van der Waals surface area contributed by atoms with Crippen LogP contribution in [-0.4, -0.2) is 16.7 Å². The maximum Gasteiger partial charge on any atom is 0.226 e. The SMILES string of the molecule is CC(Cc1nc(C2CCCN2)no1)C(C)(C)C. The van der Waals surface area contributed by atoms with Crippen molar-refractivity contribution in [3.8, 4) is 0 Å². The molecule has 0 aromatic carbocycles. The standard InChI is InChI=1S/C13H23N3O/c1-9(13(2,3)4)8-11-15-12(16-17-11)10-6-5-7-14-10/h9-10,14H,5-8H2,1-4H3. The quantitative estimate of drug-likeness (QED) is 0.878. The first-order valence-electron chi connectivity index (χ1n) is 6.52. The zero-order valence-electron chi connectivity index (χ0n) is 11.3. The number of nitrogens with one attached hydrogen (secondary N) is 1. The third-order valence-electron chi connectivity index (χ3n) is 3.81. The first-order chi connectivity index (χ1) is 7.97. The highest BCUT2D eigenvalue weighted by atomic mass is 16.5. The molecule has 1 saturated heterocycles. The molecule has 1 aliphatic heterocycles. The molecule has 2 rings (SSSR count). The largest absolute Gasteiger partial charge is 0.339 e. The number of aromatic nitrogens is 2. The Labute approximate surface area is 103 Å². The number of hydrogen-bond donors (Lipinski definition) is 1. The van der Waals surface area contributed by atoms with Crippen molar-refractivity contribution in [2.45, 2.75) is 53.0 Å². The van der Waals surface area contributed by atoms with Crippen molar-refractivity contribution in [1.82, 2.24) is 15.5 Å². The second-order valence-corrected chi connectivity index (χ2v) is 6.17. The molecule has 17 heavy (non-hydrogen) atoms. The van der Waals surface area contributed by atoms with E-state index in [1.807, 2.05) is 0 Å². The van der Waals surface area contributed by atoms with Crippen molar-refractivity contribution in [2.24, 2.45) is 11.3 Å². The summed E-state index contributed by atoms with van der Waals surface area (Å²) >= 11 is 0. The molecule has 1 N–H and O–H groups in total. The van der Waals surface area contributed by atoms with Crippen molar-refractivity contribution in [3.63, 3.8) is 0 Å². The second kappa shape index (κ2) is 4.77.